The molecule has 0 heterocycles. The van der Waals surface area contributed by atoms with Crippen LogP contribution in [0.1, 0.15) is 39.0 Å². The van der Waals surface area contributed by atoms with Crippen molar-refractivity contribution in [1.29, 1.82) is 0 Å². The van der Waals surface area contributed by atoms with Crippen molar-refractivity contribution in [3.05, 3.63) is 12.7 Å². The molecule has 0 bridgehead atoms. The van der Waals surface area contributed by atoms with Gasteiger partial charge in [-0.25, -0.2) is 0 Å². The van der Waals surface area contributed by atoms with E-state index in [0.717, 1.165) is 11.8 Å². The third-order valence-corrected chi connectivity index (χ3v) is 2.50. The van der Waals surface area contributed by atoms with Crippen molar-refractivity contribution in [3.8, 4) is 0 Å². The maximum Gasteiger partial charge on any atom is -0.0239 e. The summed E-state index contributed by atoms with van der Waals surface area (Å²) in [5, 5.41) is 0. The third-order valence-electron chi connectivity index (χ3n) is 2.50. The number of hydrogen-bond donors (Lipinski definition) is 0. The van der Waals surface area contributed by atoms with Gasteiger partial charge in [0.15, 0.2) is 0 Å². The van der Waals surface area contributed by atoms with Crippen LogP contribution < -0.4 is 0 Å². The van der Waals surface area contributed by atoms with Crippen LogP contribution in [0, 0.1) is 11.8 Å². The molecule has 1 unspecified atom stereocenters. The lowest BCUT2D eigenvalue weighted by atomic mass is 9.99. The molecule has 0 spiro atoms. The second kappa shape index (κ2) is 3.80. The zero-order valence-electron chi connectivity index (χ0n) is 6.97. The summed E-state index contributed by atoms with van der Waals surface area (Å²) in [6.45, 7) is 6.08. The molecule has 1 aliphatic carbocycles. The van der Waals surface area contributed by atoms with Gasteiger partial charge in [0.25, 0.3) is 0 Å². The third kappa shape index (κ3) is 2.55. The zero-order valence-corrected chi connectivity index (χ0v) is 6.97. The summed E-state index contributed by atoms with van der Waals surface area (Å²) < 4.78 is 0. The molecule has 1 fully saturated rings. The Kier molecular flexibility index (Phi) is 2.98. The molecule has 1 atom stereocenters. The summed E-state index contributed by atoms with van der Waals surface area (Å²) in [6.07, 6.45) is 9.20. The van der Waals surface area contributed by atoms with Gasteiger partial charge in [-0.3, -0.25) is 0 Å². The highest BCUT2D eigenvalue weighted by molar-refractivity contribution is 4.81. The molecular weight excluding hydrogens is 120 g/mol. The molecule has 1 saturated carbocycles. The fraction of sp³-hybridized carbons (Fsp3) is 0.800. The fourth-order valence-corrected chi connectivity index (χ4v) is 1.34. The molecular formula is C10H18. The molecule has 0 aromatic carbocycles. The van der Waals surface area contributed by atoms with Crippen LogP contribution in [0.4, 0.5) is 0 Å². The Bertz CT molecular complexity index is 101. The SMILES string of the molecule is C=CC(CC)CCC1CC1. The van der Waals surface area contributed by atoms with E-state index >= 15 is 0 Å². The maximum atomic E-state index is 3.83. The van der Waals surface area contributed by atoms with Gasteiger partial charge in [-0.2, -0.15) is 0 Å². The molecule has 10 heavy (non-hydrogen) atoms. The van der Waals surface area contributed by atoms with E-state index in [0.29, 0.717) is 0 Å². The van der Waals surface area contributed by atoms with Crippen molar-refractivity contribution in [1.82, 2.24) is 0 Å². The van der Waals surface area contributed by atoms with Crippen LogP contribution in [0.2, 0.25) is 0 Å². The molecule has 0 aromatic heterocycles. The number of allylic oxidation sites excluding steroid dienone is 1. The van der Waals surface area contributed by atoms with Crippen LogP contribution in [0.25, 0.3) is 0 Å². The summed E-state index contributed by atoms with van der Waals surface area (Å²) in [5.74, 6) is 1.88. The molecule has 0 nitrogen and oxygen atoms in total. The Hall–Kier alpha value is -0.260. The molecule has 0 aliphatic heterocycles. The summed E-state index contributed by atoms with van der Waals surface area (Å²) in [5.41, 5.74) is 0. The van der Waals surface area contributed by atoms with Crippen LogP contribution in [-0.4, -0.2) is 0 Å². The van der Waals surface area contributed by atoms with Crippen LogP contribution in [0.5, 0.6) is 0 Å². The number of hydrogen-bond acceptors (Lipinski definition) is 0. The average Bonchev–Trinajstić information content (AvgIpc) is 2.74. The molecule has 0 N–H and O–H groups in total. The van der Waals surface area contributed by atoms with E-state index < -0.39 is 0 Å². The van der Waals surface area contributed by atoms with E-state index in [2.05, 4.69) is 19.6 Å². The van der Waals surface area contributed by atoms with E-state index in [9.17, 15) is 0 Å². The van der Waals surface area contributed by atoms with Crippen molar-refractivity contribution in [2.24, 2.45) is 11.8 Å². The standard InChI is InChI=1S/C10H18/c1-3-9(4-2)5-6-10-7-8-10/h3,9-10H,1,4-8H2,2H3. The monoisotopic (exact) mass is 138 g/mol. The second-order valence-electron chi connectivity index (χ2n) is 3.42. The van der Waals surface area contributed by atoms with Gasteiger partial charge in [-0.05, 0) is 31.1 Å². The highest BCUT2D eigenvalue weighted by atomic mass is 14.3. The van der Waals surface area contributed by atoms with E-state index in [1.807, 2.05) is 0 Å². The van der Waals surface area contributed by atoms with E-state index in [-0.39, 0.29) is 0 Å². The molecule has 58 valence electrons. The van der Waals surface area contributed by atoms with Crippen molar-refractivity contribution in [2.75, 3.05) is 0 Å². The Balaban J connectivity index is 2.02. The Morgan fingerprint density at radius 3 is 2.70 bits per heavy atom. The molecule has 0 aromatic rings. The predicted molar refractivity (Wildman–Crippen MR) is 45.9 cm³/mol. The van der Waals surface area contributed by atoms with Gasteiger partial charge in [0.05, 0.1) is 0 Å². The average molecular weight is 138 g/mol. The quantitative estimate of drug-likeness (QED) is 0.511. The van der Waals surface area contributed by atoms with Crippen molar-refractivity contribution < 1.29 is 0 Å². The lowest BCUT2D eigenvalue weighted by Gasteiger charge is -2.07. The van der Waals surface area contributed by atoms with E-state index in [4.69, 9.17) is 0 Å². The minimum atomic E-state index is 0.792. The van der Waals surface area contributed by atoms with E-state index in [1.165, 1.54) is 32.1 Å². The fourth-order valence-electron chi connectivity index (χ4n) is 1.34. The van der Waals surface area contributed by atoms with Crippen molar-refractivity contribution in [2.45, 2.75) is 39.0 Å². The minimum absolute atomic E-state index is 0.792. The lowest BCUT2D eigenvalue weighted by Crippen LogP contribution is -1.93. The lowest BCUT2D eigenvalue weighted by molar-refractivity contribution is 0.521. The Morgan fingerprint density at radius 1 is 1.60 bits per heavy atom. The topological polar surface area (TPSA) is 0 Å². The molecule has 0 radical (unpaired) electrons. The van der Waals surface area contributed by atoms with Gasteiger partial charge in [-0.15, -0.1) is 6.58 Å². The van der Waals surface area contributed by atoms with Gasteiger partial charge in [0.2, 0.25) is 0 Å². The van der Waals surface area contributed by atoms with Crippen molar-refractivity contribution >= 4 is 0 Å². The second-order valence-corrected chi connectivity index (χ2v) is 3.42. The molecule has 0 saturated heterocycles. The van der Waals surface area contributed by atoms with Crippen LogP contribution in [0.15, 0.2) is 12.7 Å². The smallest absolute Gasteiger partial charge is 0.0239 e. The first-order valence-electron chi connectivity index (χ1n) is 4.49. The zero-order chi connectivity index (χ0) is 7.40. The highest BCUT2D eigenvalue weighted by Gasteiger charge is 2.21. The number of rotatable bonds is 5. The Labute approximate surface area is 64.3 Å². The van der Waals surface area contributed by atoms with Crippen molar-refractivity contribution in [3.63, 3.8) is 0 Å². The first-order valence-corrected chi connectivity index (χ1v) is 4.49. The highest BCUT2D eigenvalue weighted by Crippen LogP contribution is 2.35. The van der Waals surface area contributed by atoms with Crippen LogP contribution in [0.3, 0.4) is 0 Å². The van der Waals surface area contributed by atoms with Gasteiger partial charge < -0.3 is 0 Å². The van der Waals surface area contributed by atoms with Crippen LogP contribution in [-0.2, 0) is 0 Å². The summed E-state index contributed by atoms with van der Waals surface area (Å²) in [6, 6.07) is 0. The van der Waals surface area contributed by atoms with Gasteiger partial charge in [0, 0.05) is 0 Å². The van der Waals surface area contributed by atoms with E-state index in [1.54, 1.807) is 0 Å². The molecule has 0 heteroatoms. The van der Waals surface area contributed by atoms with Gasteiger partial charge >= 0.3 is 0 Å². The minimum Gasteiger partial charge on any atom is -0.103 e. The van der Waals surface area contributed by atoms with Gasteiger partial charge in [-0.1, -0.05) is 25.8 Å². The normalized spacial score (nSPS) is 20.5. The first kappa shape index (κ1) is 7.84. The Morgan fingerprint density at radius 2 is 2.30 bits per heavy atom. The molecule has 1 rings (SSSR count). The summed E-state index contributed by atoms with van der Waals surface area (Å²) in [7, 11) is 0. The van der Waals surface area contributed by atoms with Gasteiger partial charge in [0.1, 0.15) is 0 Å². The molecule has 1 aliphatic rings. The summed E-state index contributed by atoms with van der Waals surface area (Å²) >= 11 is 0. The predicted octanol–water partition coefficient (Wildman–Crippen LogP) is 3.39. The first-order chi connectivity index (χ1) is 4.86. The van der Waals surface area contributed by atoms with Crippen LogP contribution >= 0.6 is 0 Å². The largest absolute Gasteiger partial charge is 0.103 e. The summed E-state index contributed by atoms with van der Waals surface area (Å²) in [4.78, 5) is 0. The molecule has 0 amide bonds. The maximum absolute atomic E-state index is 3.83.